The molecule has 0 aliphatic heterocycles. The summed E-state index contributed by atoms with van der Waals surface area (Å²) in [5.41, 5.74) is 3.09. The summed E-state index contributed by atoms with van der Waals surface area (Å²) in [5, 5.41) is 12.2. The number of hydrogen-bond acceptors (Lipinski definition) is 2. The summed E-state index contributed by atoms with van der Waals surface area (Å²) >= 11 is 0. The number of fused-ring (bicyclic) bond motifs is 1. The van der Waals surface area contributed by atoms with Gasteiger partial charge < -0.3 is 5.11 Å². The Morgan fingerprint density at radius 3 is 2.65 bits per heavy atom. The molecule has 0 saturated carbocycles. The summed E-state index contributed by atoms with van der Waals surface area (Å²) in [4.78, 5) is 4.46. The molecule has 106 valence electrons. The lowest BCUT2D eigenvalue weighted by Gasteiger charge is -2.29. The van der Waals surface area contributed by atoms with E-state index in [0.29, 0.717) is 0 Å². The Balaban J connectivity index is 2.47. The lowest BCUT2D eigenvalue weighted by atomic mass is 9.93. The van der Waals surface area contributed by atoms with E-state index in [-0.39, 0.29) is 11.9 Å². The van der Waals surface area contributed by atoms with Crippen LogP contribution in [-0.4, -0.2) is 5.90 Å². The van der Waals surface area contributed by atoms with E-state index in [1.54, 1.807) is 0 Å². The standard InChI is InChI=1S/C18H23NO/c1-13-8-7-11-16(19-17(20)18(2,3)4)15-10-6-5-9-14(15)12-13/h5-10,12,16H,11H2,1-4H3,(H,19,20)/p-1/b8-7-,13-12-. The molecule has 20 heavy (non-hydrogen) atoms. The molecule has 0 spiro atoms. The van der Waals surface area contributed by atoms with Crippen LogP contribution in [-0.2, 0) is 0 Å². The molecule has 0 heterocycles. The van der Waals surface area contributed by atoms with Crippen molar-refractivity contribution in [3.8, 4) is 0 Å². The highest BCUT2D eigenvalue weighted by Gasteiger charge is 2.16. The van der Waals surface area contributed by atoms with Gasteiger partial charge in [0, 0.05) is 0 Å². The fraction of sp³-hybridized carbons (Fsp3) is 0.389. The molecule has 0 radical (unpaired) electrons. The fourth-order valence-corrected chi connectivity index (χ4v) is 2.21. The zero-order valence-corrected chi connectivity index (χ0v) is 12.7. The first kappa shape index (κ1) is 14.6. The van der Waals surface area contributed by atoms with E-state index in [2.05, 4.69) is 42.3 Å². The summed E-state index contributed by atoms with van der Waals surface area (Å²) in [6.45, 7) is 7.82. The van der Waals surface area contributed by atoms with Crippen LogP contribution in [0.2, 0.25) is 0 Å². The normalized spacial score (nSPS) is 24.1. The molecule has 2 rings (SSSR count). The van der Waals surface area contributed by atoms with Gasteiger partial charge in [0.1, 0.15) is 0 Å². The fourth-order valence-electron chi connectivity index (χ4n) is 2.21. The van der Waals surface area contributed by atoms with Crippen molar-refractivity contribution in [2.45, 2.75) is 40.2 Å². The van der Waals surface area contributed by atoms with E-state index in [1.165, 1.54) is 5.57 Å². The quantitative estimate of drug-likeness (QED) is 0.562. The van der Waals surface area contributed by atoms with Gasteiger partial charge in [0.25, 0.3) is 0 Å². The predicted molar refractivity (Wildman–Crippen MR) is 83.5 cm³/mol. The average molecular weight is 268 g/mol. The first-order valence-electron chi connectivity index (χ1n) is 7.07. The van der Waals surface area contributed by atoms with Crippen molar-refractivity contribution in [2.24, 2.45) is 10.4 Å². The van der Waals surface area contributed by atoms with Gasteiger partial charge in [-0.3, -0.25) is 4.99 Å². The smallest absolute Gasteiger partial charge is 0.0778 e. The zero-order chi connectivity index (χ0) is 14.8. The van der Waals surface area contributed by atoms with Crippen LogP contribution in [0.25, 0.3) is 6.08 Å². The van der Waals surface area contributed by atoms with Gasteiger partial charge in [-0.2, -0.15) is 0 Å². The molecular formula is C18H22NO-. The van der Waals surface area contributed by atoms with Crippen molar-refractivity contribution >= 4 is 12.0 Å². The molecule has 1 unspecified atom stereocenters. The van der Waals surface area contributed by atoms with Gasteiger partial charge in [-0.05, 0) is 35.8 Å². The van der Waals surface area contributed by atoms with E-state index in [9.17, 15) is 5.11 Å². The van der Waals surface area contributed by atoms with Crippen molar-refractivity contribution in [2.75, 3.05) is 0 Å². The topological polar surface area (TPSA) is 35.4 Å². The highest BCUT2D eigenvalue weighted by molar-refractivity contribution is 5.77. The second-order valence-electron chi connectivity index (χ2n) is 6.36. The third kappa shape index (κ3) is 3.38. The van der Waals surface area contributed by atoms with Gasteiger partial charge in [0.2, 0.25) is 0 Å². The molecule has 1 aliphatic carbocycles. The SMILES string of the molecule is CC1=C/c2ccccc2C(N=C([O-])C(C)(C)C)C/C=C\1. The summed E-state index contributed by atoms with van der Waals surface area (Å²) < 4.78 is 0. The van der Waals surface area contributed by atoms with Gasteiger partial charge in [-0.25, -0.2) is 0 Å². The van der Waals surface area contributed by atoms with E-state index >= 15 is 0 Å². The first-order chi connectivity index (χ1) is 9.38. The predicted octanol–water partition coefficient (Wildman–Crippen LogP) is 3.90. The molecule has 0 amide bonds. The van der Waals surface area contributed by atoms with Gasteiger partial charge in [-0.1, -0.05) is 68.8 Å². The maximum absolute atomic E-state index is 12.2. The molecule has 2 nitrogen and oxygen atoms in total. The van der Waals surface area contributed by atoms with Crippen molar-refractivity contribution < 1.29 is 5.11 Å². The van der Waals surface area contributed by atoms with Crippen LogP contribution in [0.4, 0.5) is 0 Å². The largest absolute Gasteiger partial charge is 0.862 e. The molecule has 1 atom stereocenters. The molecule has 2 heteroatoms. The third-order valence-corrected chi connectivity index (χ3v) is 3.39. The van der Waals surface area contributed by atoms with Crippen LogP contribution in [0.3, 0.4) is 0 Å². The van der Waals surface area contributed by atoms with Gasteiger partial charge in [0.15, 0.2) is 0 Å². The van der Waals surface area contributed by atoms with Crippen LogP contribution in [0.5, 0.6) is 0 Å². The third-order valence-electron chi connectivity index (χ3n) is 3.39. The van der Waals surface area contributed by atoms with E-state index < -0.39 is 5.41 Å². The number of rotatable bonds is 1. The number of hydrogen-bond donors (Lipinski definition) is 0. The lowest BCUT2D eigenvalue weighted by Crippen LogP contribution is -2.33. The van der Waals surface area contributed by atoms with Crippen LogP contribution in [0.1, 0.15) is 51.3 Å². The molecule has 0 bridgehead atoms. The average Bonchev–Trinajstić information content (AvgIpc) is 2.35. The molecule has 1 aromatic rings. The highest BCUT2D eigenvalue weighted by Crippen LogP contribution is 2.30. The van der Waals surface area contributed by atoms with E-state index in [4.69, 9.17) is 0 Å². The molecule has 0 saturated heterocycles. The summed E-state index contributed by atoms with van der Waals surface area (Å²) in [5.74, 6) is -0.0352. The maximum Gasteiger partial charge on any atom is 0.0778 e. The van der Waals surface area contributed by atoms with Crippen LogP contribution < -0.4 is 5.11 Å². The Morgan fingerprint density at radius 1 is 1.25 bits per heavy atom. The van der Waals surface area contributed by atoms with Crippen molar-refractivity contribution in [1.82, 2.24) is 0 Å². The monoisotopic (exact) mass is 268 g/mol. The molecular weight excluding hydrogens is 246 g/mol. The Kier molecular flexibility index (Phi) is 4.12. The zero-order valence-electron chi connectivity index (χ0n) is 12.7. The lowest BCUT2D eigenvalue weighted by molar-refractivity contribution is -0.229. The summed E-state index contributed by atoms with van der Waals surface area (Å²) in [6.07, 6.45) is 7.12. The minimum atomic E-state index is -0.424. The van der Waals surface area contributed by atoms with Crippen molar-refractivity contribution in [1.29, 1.82) is 0 Å². The summed E-state index contributed by atoms with van der Waals surface area (Å²) in [6, 6.07) is 8.11. The van der Waals surface area contributed by atoms with Crippen molar-refractivity contribution in [3.63, 3.8) is 0 Å². The molecule has 0 N–H and O–H groups in total. The number of benzene rings is 1. The molecule has 1 aromatic carbocycles. The van der Waals surface area contributed by atoms with Crippen LogP contribution in [0.15, 0.2) is 47.0 Å². The highest BCUT2D eigenvalue weighted by atomic mass is 16.3. The number of nitrogens with zero attached hydrogens (tertiary/aromatic N) is 1. The van der Waals surface area contributed by atoms with E-state index in [0.717, 1.165) is 17.5 Å². The Bertz CT molecular complexity index is 573. The van der Waals surface area contributed by atoms with E-state index in [1.807, 2.05) is 32.9 Å². The minimum absolute atomic E-state index is 0.0352. The second kappa shape index (κ2) is 5.66. The second-order valence-corrected chi connectivity index (χ2v) is 6.36. The molecule has 0 fully saturated rings. The molecule has 0 aromatic heterocycles. The van der Waals surface area contributed by atoms with Gasteiger partial charge in [-0.15, -0.1) is 0 Å². The maximum atomic E-state index is 12.2. The van der Waals surface area contributed by atoms with Crippen LogP contribution >= 0.6 is 0 Å². The van der Waals surface area contributed by atoms with Gasteiger partial charge >= 0.3 is 0 Å². The number of aliphatic imine (C=N–C) groups is 1. The Hall–Kier alpha value is -1.83. The summed E-state index contributed by atoms with van der Waals surface area (Å²) in [7, 11) is 0. The van der Waals surface area contributed by atoms with Crippen molar-refractivity contribution in [3.05, 3.63) is 53.1 Å². The minimum Gasteiger partial charge on any atom is -0.862 e. The van der Waals surface area contributed by atoms with Crippen LogP contribution in [0, 0.1) is 5.41 Å². The number of allylic oxidation sites excluding steroid dienone is 2. The molecule has 1 aliphatic rings. The first-order valence-corrected chi connectivity index (χ1v) is 7.07. The van der Waals surface area contributed by atoms with Gasteiger partial charge in [0.05, 0.1) is 6.04 Å². The Morgan fingerprint density at radius 2 is 1.95 bits per heavy atom. The Labute approximate surface area is 121 Å².